The van der Waals surface area contributed by atoms with Crippen molar-refractivity contribution in [2.24, 2.45) is 4.99 Å². The first-order chi connectivity index (χ1) is 12.8. The molecule has 0 aromatic heterocycles. The number of rotatable bonds is 6. The van der Waals surface area contributed by atoms with Crippen molar-refractivity contribution in [1.29, 1.82) is 0 Å². The molecule has 2 heterocycles. The molecule has 0 amide bonds. The van der Waals surface area contributed by atoms with E-state index in [-0.39, 0.29) is 24.0 Å². The molecule has 1 atom stereocenters. The highest BCUT2D eigenvalue weighted by Crippen LogP contribution is 2.24. The summed E-state index contributed by atoms with van der Waals surface area (Å²) in [4.78, 5) is 12.4. The summed E-state index contributed by atoms with van der Waals surface area (Å²) in [6.45, 7) is 10.9. The lowest BCUT2D eigenvalue weighted by molar-refractivity contribution is 0.0894. The first-order valence-corrected chi connectivity index (χ1v) is 10.3. The second-order valence-electron chi connectivity index (χ2n) is 7.51. The van der Waals surface area contributed by atoms with Crippen LogP contribution in [0.3, 0.4) is 0 Å². The van der Waals surface area contributed by atoms with Crippen LogP contribution in [0.5, 0.6) is 0 Å². The SMILES string of the molecule is CCNC(=NCCCN1CCN(C)CC1c1ccccc1)N1CCCC1.I. The minimum atomic E-state index is 0. The summed E-state index contributed by atoms with van der Waals surface area (Å²) in [5, 5.41) is 3.46. The summed E-state index contributed by atoms with van der Waals surface area (Å²) in [6.07, 6.45) is 3.71. The molecular formula is C21H36IN5. The van der Waals surface area contributed by atoms with Crippen LogP contribution < -0.4 is 5.32 Å². The molecule has 0 spiro atoms. The first kappa shape index (κ1) is 22.4. The molecule has 0 bridgehead atoms. The molecule has 2 aliphatic rings. The molecule has 1 aromatic rings. The van der Waals surface area contributed by atoms with Gasteiger partial charge in [-0.25, -0.2) is 0 Å². The Morgan fingerprint density at radius 2 is 1.85 bits per heavy atom. The van der Waals surface area contributed by atoms with E-state index in [1.54, 1.807) is 0 Å². The van der Waals surface area contributed by atoms with Gasteiger partial charge in [0, 0.05) is 58.4 Å². The van der Waals surface area contributed by atoms with E-state index >= 15 is 0 Å². The van der Waals surface area contributed by atoms with Crippen molar-refractivity contribution >= 4 is 29.9 Å². The predicted octanol–water partition coefficient (Wildman–Crippen LogP) is 3.04. The summed E-state index contributed by atoms with van der Waals surface area (Å²) in [5.74, 6) is 1.11. The molecule has 0 radical (unpaired) electrons. The average Bonchev–Trinajstić information content (AvgIpc) is 3.20. The van der Waals surface area contributed by atoms with Crippen LogP contribution in [-0.4, -0.2) is 80.1 Å². The van der Waals surface area contributed by atoms with E-state index in [1.807, 2.05) is 0 Å². The number of guanidine groups is 1. The molecule has 3 rings (SSSR count). The van der Waals surface area contributed by atoms with Crippen LogP contribution in [-0.2, 0) is 0 Å². The molecule has 1 N–H and O–H groups in total. The quantitative estimate of drug-likeness (QED) is 0.291. The first-order valence-electron chi connectivity index (χ1n) is 10.3. The van der Waals surface area contributed by atoms with Crippen LogP contribution in [0.4, 0.5) is 0 Å². The molecule has 0 aliphatic carbocycles. The normalized spacial score (nSPS) is 21.9. The monoisotopic (exact) mass is 485 g/mol. The Morgan fingerprint density at radius 3 is 2.56 bits per heavy atom. The van der Waals surface area contributed by atoms with E-state index in [1.165, 1.54) is 18.4 Å². The van der Waals surface area contributed by atoms with Crippen LogP contribution in [0.2, 0.25) is 0 Å². The Morgan fingerprint density at radius 1 is 1.11 bits per heavy atom. The highest BCUT2D eigenvalue weighted by Gasteiger charge is 2.26. The highest BCUT2D eigenvalue weighted by molar-refractivity contribution is 14.0. The lowest BCUT2D eigenvalue weighted by atomic mass is 10.0. The summed E-state index contributed by atoms with van der Waals surface area (Å²) in [6, 6.07) is 11.5. The minimum absolute atomic E-state index is 0. The zero-order valence-corrected chi connectivity index (χ0v) is 19.3. The van der Waals surface area contributed by atoms with Gasteiger partial charge in [-0.15, -0.1) is 24.0 Å². The second kappa shape index (κ2) is 11.9. The van der Waals surface area contributed by atoms with E-state index in [4.69, 9.17) is 4.99 Å². The van der Waals surface area contributed by atoms with Crippen molar-refractivity contribution in [3.63, 3.8) is 0 Å². The minimum Gasteiger partial charge on any atom is -0.357 e. The Hall–Kier alpha value is -0.860. The molecule has 0 saturated carbocycles. The number of hydrogen-bond acceptors (Lipinski definition) is 3. The number of nitrogens with zero attached hydrogens (tertiary/aromatic N) is 4. The molecule has 6 heteroatoms. The average molecular weight is 485 g/mol. The van der Waals surface area contributed by atoms with Gasteiger partial charge in [0.15, 0.2) is 5.96 Å². The topological polar surface area (TPSA) is 34.1 Å². The second-order valence-corrected chi connectivity index (χ2v) is 7.51. The van der Waals surface area contributed by atoms with Crippen molar-refractivity contribution in [2.45, 2.75) is 32.2 Å². The van der Waals surface area contributed by atoms with Crippen LogP contribution in [0.1, 0.15) is 37.8 Å². The number of halogens is 1. The maximum Gasteiger partial charge on any atom is 0.193 e. The van der Waals surface area contributed by atoms with Gasteiger partial charge in [0.2, 0.25) is 0 Å². The standard InChI is InChI=1S/C21H35N5.HI/c1-3-22-21(26-13-7-8-14-26)23-12-9-15-25-17-16-24(2)18-20(25)19-10-5-4-6-11-19;/h4-6,10-11,20H,3,7-9,12-18H2,1-2H3,(H,22,23);1H. The van der Waals surface area contributed by atoms with E-state index < -0.39 is 0 Å². The third-order valence-electron chi connectivity index (χ3n) is 5.48. The van der Waals surface area contributed by atoms with E-state index in [2.05, 4.69) is 64.3 Å². The number of aliphatic imine (C=N–C) groups is 1. The number of piperazine rings is 1. The Kier molecular flexibility index (Phi) is 9.86. The van der Waals surface area contributed by atoms with E-state index in [0.717, 1.165) is 64.7 Å². The Bertz CT molecular complexity index is 559. The van der Waals surface area contributed by atoms with Gasteiger partial charge in [-0.2, -0.15) is 0 Å². The zero-order valence-electron chi connectivity index (χ0n) is 16.9. The van der Waals surface area contributed by atoms with Crippen LogP contribution in [0.15, 0.2) is 35.3 Å². The van der Waals surface area contributed by atoms with Gasteiger partial charge in [0.1, 0.15) is 0 Å². The predicted molar refractivity (Wildman–Crippen MR) is 125 cm³/mol. The van der Waals surface area contributed by atoms with Gasteiger partial charge in [-0.05, 0) is 38.8 Å². The van der Waals surface area contributed by atoms with Gasteiger partial charge in [-0.3, -0.25) is 9.89 Å². The number of nitrogens with one attached hydrogen (secondary N) is 1. The maximum atomic E-state index is 4.89. The maximum absolute atomic E-state index is 4.89. The third-order valence-corrected chi connectivity index (χ3v) is 5.48. The molecule has 2 fully saturated rings. The van der Waals surface area contributed by atoms with E-state index in [9.17, 15) is 0 Å². The van der Waals surface area contributed by atoms with E-state index in [0.29, 0.717) is 6.04 Å². The van der Waals surface area contributed by atoms with Gasteiger partial charge in [-0.1, -0.05) is 30.3 Å². The molecule has 1 aromatic carbocycles. The number of benzene rings is 1. The zero-order chi connectivity index (χ0) is 18.2. The largest absolute Gasteiger partial charge is 0.357 e. The Labute approximate surface area is 182 Å². The number of hydrogen-bond donors (Lipinski definition) is 1. The summed E-state index contributed by atoms with van der Waals surface area (Å²) >= 11 is 0. The van der Waals surface area contributed by atoms with Gasteiger partial charge < -0.3 is 15.1 Å². The van der Waals surface area contributed by atoms with Crippen molar-refractivity contribution in [3.8, 4) is 0 Å². The Balaban J connectivity index is 0.00000261. The molecule has 2 aliphatic heterocycles. The summed E-state index contributed by atoms with van der Waals surface area (Å²) < 4.78 is 0. The van der Waals surface area contributed by atoms with Crippen molar-refractivity contribution in [2.75, 3.05) is 59.4 Å². The third kappa shape index (κ3) is 6.61. The molecule has 2 saturated heterocycles. The van der Waals surface area contributed by atoms with Crippen LogP contribution in [0, 0.1) is 0 Å². The van der Waals surface area contributed by atoms with Gasteiger partial charge in [0.05, 0.1) is 0 Å². The molecule has 27 heavy (non-hydrogen) atoms. The smallest absolute Gasteiger partial charge is 0.193 e. The van der Waals surface area contributed by atoms with Gasteiger partial charge >= 0.3 is 0 Å². The van der Waals surface area contributed by atoms with Crippen LogP contribution >= 0.6 is 24.0 Å². The summed E-state index contributed by atoms with van der Waals surface area (Å²) in [5.41, 5.74) is 1.44. The summed E-state index contributed by atoms with van der Waals surface area (Å²) in [7, 11) is 2.23. The molecule has 152 valence electrons. The van der Waals surface area contributed by atoms with Crippen molar-refractivity contribution < 1.29 is 0 Å². The highest BCUT2D eigenvalue weighted by atomic mass is 127. The van der Waals surface area contributed by atoms with Crippen molar-refractivity contribution in [1.82, 2.24) is 20.0 Å². The fraction of sp³-hybridized carbons (Fsp3) is 0.667. The lowest BCUT2D eigenvalue weighted by Crippen LogP contribution is -2.47. The molecule has 1 unspecified atom stereocenters. The van der Waals surface area contributed by atoms with Crippen LogP contribution in [0.25, 0.3) is 0 Å². The number of likely N-dealkylation sites (tertiary alicyclic amines) is 1. The fourth-order valence-corrected chi connectivity index (χ4v) is 4.03. The lowest BCUT2D eigenvalue weighted by Gasteiger charge is -2.40. The molecular weight excluding hydrogens is 449 g/mol. The fourth-order valence-electron chi connectivity index (χ4n) is 4.03. The number of likely N-dealkylation sites (N-methyl/N-ethyl adjacent to an activating group) is 1. The van der Waals surface area contributed by atoms with Gasteiger partial charge in [0.25, 0.3) is 0 Å². The molecule has 5 nitrogen and oxygen atoms in total. The van der Waals surface area contributed by atoms with Crippen molar-refractivity contribution in [3.05, 3.63) is 35.9 Å².